The number of nitrogens with zero attached hydrogens (tertiary/aromatic N) is 1. The van der Waals surface area contributed by atoms with Gasteiger partial charge in [0, 0.05) is 10.8 Å². The van der Waals surface area contributed by atoms with Crippen molar-refractivity contribution in [3.05, 3.63) is 83.9 Å². The molecule has 0 saturated heterocycles. The molecule has 1 heterocycles. The van der Waals surface area contributed by atoms with E-state index >= 15 is 0 Å². The van der Waals surface area contributed by atoms with E-state index in [1.54, 1.807) is 24.3 Å². The molecular weight excluding hydrogens is 326 g/mol. The summed E-state index contributed by atoms with van der Waals surface area (Å²) in [5, 5.41) is 1.44. The van der Waals surface area contributed by atoms with Gasteiger partial charge in [0.25, 0.3) is 0 Å². The van der Waals surface area contributed by atoms with Crippen molar-refractivity contribution in [1.29, 1.82) is 0 Å². The quantitative estimate of drug-likeness (QED) is 0.232. The maximum Gasteiger partial charge on any atom is 0.344 e. The first-order valence-electron chi connectivity index (χ1n) is 8.25. The molecule has 4 aromatic rings. The number of hydrogen-bond acceptors (Lipinski definition) is 4. The molecular formula is C22H15NO3. The van der Waals surface area contributed by atoms with Gasteiger partial charge in [-0.3, -0.25) is 4.79 Å². The summed E-state index contributed by atoms with van der Waals surface area (Å²) in [7, 11) is 0. The predicted molar refractivity (Wildman–Crippen MR) is 101 cm³/mol. The lowest BCUT2D eigenvalue weighted by Gasteiger charge is -2.12. The third kappa shape index (κ3) is 2.71. The van der Waals surface area contributed by atoms with Crippen LogP contribution in [0.15, 0.2) is 72.8 Å². The Morgan fingerprint density at radius 1 is 0.769 bits per heavy atom. The second kappa shape index (κ2) is 6.41. The molecule has 0 bridgehead atoms. The lowest BCUT2D eigenvalue weighted by Crippen LogP contribution is -2.12. The SMILES string of the molecule is CC(=O)c1ccccc1OC(=O)c1c2ccccc2nc2ccccc12. The smallest absolute Gasteiger partial charge is 0.344 e. The molecule has 0 unspecified atom stereocenters. The molecule has 0 aliphatic rings. The van der Waals surface area contributed by atoms with Crippen molar-refractivity contribution in [2.24, 2.45) is 0 Å². The highest BCUT2D eigenvalue weighted by molar-refractivity contribution is 6.15. The monoisotopic (exact) mass is 341 g/mol. The van der Waals surface area contributed by atoms with Crippen LogP contribution in [0.25, 0.3) is 21.8 Å². The molecule has 1 aromatic heterocycles. The molecule has 126 valence electrons. The van der Waals surface area contributed by atoms with E-state index in [1.165, 1.54) is 6.92 Å². The Balaban J connectivity index is 1.90. The summed E-state index contributed by atoms with van der Waals surface area (Å²) in [5.41, 5.74) is 2.27. The number of esters is 1. The number of fused-ring (bicyclic) bond motifs is 2. The van der Waals surface area contributed by atoms with E-state index in [9.17, 15) is 9.59 Å². The van der Waals surface area contributed by atoms with Crippen molar-refractivity contribution in [2.75, 3.05) is 0 Å². The molecule has 4 rings (SSSR count). The van der Waals surface area contributed by atoms with E-state index in [2.05, 4.69) is 4.98 Å². The largest absolute Gasteiger partial charge is 0.422 e. The average molecular weight is 341 g/mol. The van der Waals surface area contributed by atoms with Gasteiger partial charge in [0.1, 0.15) is 5.75 Å². The summed E-state index contributed by atoms with van der Waals surface area (Å²) in [6.07, 6.45) is 0. The molecule has 0 saturated carbocycles. The highest BCUT2D eigenvalue weighted by Crippen LogP contribution is 2.28. The number of pyridine rings is 1. The van der Waals surface area contributed by atoms with Gasteiger partial charge in [-0.15, -0.1) is 0 Å². The Kier molecular flexibility index (Phi) is 3.93. The standard InChI is InChI=1S/C22H15NO3/c1-14(24)15-8-4-7-13-20(15)26-22(25)21-16-9-2-5-11-18(16)23-19-12-6-3-10-17(19)21/h2-13H,1H3. The number of benzene rings is 3. The van der Waals surface area contributed by atoms with Crippen molar-refractivity contribution >= 4 is 33.6 Å². The van der Waals surface area contributed by atoms with Crippen molar-refractivity contribution in [2.45, 2.75) is 6.92 Å². The van der Waals surface area contributed by atoms with Crippen molar-refractivity contribution < 1.29 is 14.3 Å². The summed E-state index contributed by atoms with van der Waals surface area (Å²) in [6.45, 7) is 1.45. The highest BCUT2D eigenvalue weighted by Gasteiger charge is 2.19. The number of ketones is 1. The molecule has 0 radical (unpaired) electrons. The van der Waals surface area contributed by atoms with Gasteiger partial charge in [-0.2, -0.15) is 0 Å². The molecule has 0 aliphatic carbocycles. The van der Waals surface area contributed by atoms with E-state index < -0.39 is 5.97 Å². The Hall–Kier alpha value is -3.53. The zero-order chi connectivity index (χ0) is 18.1. The van der Waals surface area contributed by atoms with Gasteiger partial charge in [0.05, 0.1) is 22.2 Å². The minimum Gasteiger partial charge on any atom is -0.422 e. The van der Waals surface area contributed by atoms with Crippen LogP contribution >= 0.6 is 0 Å². The molecule has 0 spiro atoms. The number of ether oxygens (including phenoxy) is 1. The van der Waals surface area contributed by atoms with Crippen molar-refractivity contribution in [3.8, 4) is 5.75 Å². The first-order chi connectivity index (χ1) is 12.6. The first-order valence-corrected chi connectivity index (χ1v) is 8.25. The number of carbonyl (C=O) groups excluding carboxylic acids is 2. The number of carbonyl (C=O) groups is 2. The maximum atomic E-state index is 13.1. The van der Waals surface area contributed by atoms with Crippen LogP contribution in [0.5, 0.6) is 5.75 Å². The number of para-hydroxylation sites is 3. The molecule has 3 aromatic carbocycles. The second-order valence-corrected chi connectivity index (χ2v) is 5.96. The van der Waals surface area contributed by atoms with Crippen LogP contribution in [0, 0.1) is 0 Å². The summed E-state index contributed by atoms with van der Waals surface area (Å²) < 4.78 is 5.62. The molecule has 4 heteroatoms. The fourth-order valence-corrected chi connectivity index (χ4v) is 3.06. The topological polar surface area (TPSA) is 56.3 Å². The van der Waals surface area contributed by atoms with Crippen LogP contribution in [0.2, 0.25) is 0 Å². The van der Waals surface area contributed by atoms with Gasteiger partial charge in [-0.1, -0.05) is 48.5 Å². The third-order valence-electron chi connectivity index (χ3n) is 4.26. The van der Waals surface area contributed by atoms with E-state index in [-0.39, 0.29) is 11.5 Å². The van der Waals surface area contributed by atoms with Crippen LogP contribution in [0.1, 0.15) is 27.6 Å². The second-order valence-electron chi connectivity index (χ2n) is 5.96. The Bertz CT molecular complexity index is 1110. The zero-order valence-corrected chi connectivity index (χ0v) is 14.1. The highest BCUT2D eigenvalue weighted by atomic mass is 16.5. The minimum absolute atomic E-state index is 0.155. The van der Waals surface area contributed by atoms with Gasteiger partial charge in [0.15, 0.2) is 5.78 Å². The number of hydrogen-bond donors (Lipinski definition) is 0. The van der Waals surface area contributed by atoms with Gasteiger partial charge >= 0.3 is 5.97 Å². The zero-order valence-electron chi connectivity index (χ0n) is 14.1. The molecule has 0 atom stereocenters. The molecule has 4 nitrogen and oxygen atoms in total. The van der Waals surface area contributed by atoms with Crippen LogP contribution in [0.3, 0.4) is 0 Å². The van der Waals surface area contributed by atoms with Crippen LogP contribution in [-0.4, -0.2) is 16.7 Å². The van der Waals surface area contributed by atoms with Crippen molar-refractivity contribution in [3.63, 3.8) is 0 Å². The number of rotatable bonds is 3. The molecule has 0 amide bonds. The van der Waals surface area contributed by atoms with Crippen LogP contribution in [0.4, 0.5) is 0 Å². The van der Waals surface area contributed by atoms with Gasteiger partial charge in [0.2, 0.25) is 0 Å². The summed E-state index contributed by atoms with van der Waals surface area (Å²) in [4.78, 5) is 29.5. The normalized spacial score (nSPS) is 10.8. The van der Waals surface area contributed by atoms with Crippen LogP contribution < -0.4 is 4.74 Å². The predicted octanol–water partition coefficient (Wildman–Crippen LogP) is 4.81. The molecule has 0 fully saturated rings. The minimum atomic E-state index is -0.506. The van der Waals surface area contributed by atoms with Crippen LogP contribution in [-0.2, 0) is 0 Å². The average Bonchev–Trinajstić information content (AvgIpc) is 2.66. The van der Waals surface area contributed by atoms with E-state index in [0.29, 0.717) is 11.1 Å². The van der Waals surface area contributed by atoms with Gasteiger partial charge in [-0.05, 0) is 31.2 Å². The summed E-state index contributed by atoms with van der Waals surface area (Å²) in [5.74, 6) is -0.402. The van der Waals surface area contributed by atoms with Gasteiger partial charge in [-0.25, -0.2) is 9.78 Å². The Labute approximate surface area is 150 Å². The third-order valence-corrected chi connectivity index (χ3v) is 4.26. The lowest BCUT2D eigenvalue weighted by atomic mass is 10.0. The lowest BCUT2D eigenvalue weighted by molar-refractivity contribution is 0.0737. The molecule has 26 heavy (non-hydrogen) atoms. The Morgan fingerprint density at radius 3 is 1.92 bits per heavy atom. The number of Topliss-reactive ketones (excluding diaryl/α,β-unsaturated/α-hetero) is 1. The summed E-state index contributed by atoms with van der Waals surface area (Å²) in [6, 6.07) is 21.7. The maximum absolute atomic E-state index is 13.1. The molecule has 0 aliphatic heterocycles. The fraction of sp³-hybridized carbons (Fsp3) is 0.0455. The van der Waals surface area contributed by atoms with E-state index in [4.69, 9.17) is 4.74 Å². The molecule has 0 N–H and O–H groups in total. The summed E-state index contributed by atoms with van der Waals surface area (Å²) >= 11 is 0. The van der Waals surface area contributed by atoms with Gasteiger partial charge < -0.3 is 4.74 Å². The first kappa shape index (κ1) is 16.0. The Morgan fingerprint density at radius 2 is 1.31 bits per heavy atom. The fourth-order valence-electron chi connectivity index (χ4n) is 3.06. The number of aromatic nitrogens is 1. The van der Waals surface area contributed by atoms with Crippen molar-refractivity contribution in [1.82, 2.24) is 4.98 Å². The van der Waals surface area contributed by atoms with E-state index in [1.807, 2.05) is 48.5 Å². The van der Waals surface area contributed by atoms with E-state index in [0.717, 1.165) is 21.8 Å².